The van der Waals surface area contributed by atoms with Gasteiger partial charge in [-0.25, -0.2) is 9.09 Å². The minimum Gasteiger partial charge on any atom is -0.388 e. The zero-order valence-corrected chi connectivity index (χ0v) is 12.5. The summed E-state index contributed by atoms with van der Waals surface area (Å²) in [6, 6.07) is 8.53. The molecule has 21 heavy (non-hydrogen) atoms. The number of halogens is 2. The van der Waals surface area contributed by atoms with Crippen molar-refractivity contribution in [2.75, 3.05) is 14.2 Å². The second-order valence-corrected chi connectivity index (χ2v) is 6.63. The molecule has 8 heteroatoms. The van der Waals surface area contributed by atoms with Crippen molar-refractivity contribution in [1.29, 1.82) is 0 Å². The van der Waals surface area contributed by atoms with Crippen molar-refractivity contribution in [3.8, 4) is 0 Å². The van der Waals surface area contributed by atoms with Crippen LogP contribution in [0.1, 0.15) is 18.1 Å². The molecule has 118 valence electrons. The van der Waals surface area contributed by atoms with Crippen LogP contribution >= 0.6 is 7.82 Å². The first-order chi connectivity index (χ1) is 9.83. The monoisotopic (exact) mass is 322 g/mol. The zero-order valence-electron chi connectivity index (χ0n) is 11.6. The van der Waals surface area contributed by atoms with Gasteiger partial charge in [-0.3, -0.25) is 9.05 Å². The number of aliphatic hydroxyl groups is 1. The maximum atomic E-state index is 13.9. The van der Waals surface area contributed by atoms with Crippen LogP contribution < -0.4 is 0 Å². The molecule has 0 saturated heterocycles. The second kappa shape index (κ2) is 6.10. The summed E-state index contributed by atoms with van der Waals surface area (Å²) in [7, 11) is -2.35. The minimum absolute atomic E-state index is 0.0660. The van der Waals surface area contributed by atoms with Gasteiger partial charge in [-0.05, 0) is 12.0 Å². The molecular weight excluding hydrogens is 305 g/mol. The van der Waals surface area contributed by atoms with Crippen molar-refractivity contribution in [2.24, 2.45) is 11.8 Å². The summed E-state index contributed by atoms with van der Waals surface area (Å²) in [5.41, 5.74) is 0.558. The topological polar surface area (TPSA) is 65.0 Å². The lowest BCUT2D eigenvalue weighted by Crippen LogP contribution is -2.25. The number of aliphatic hydroxyl groups excluding tert-OH is 1. The lowest BCUT2D eigenvalue weighted by molar-refractivity contribution is -0.209. The maximum absolute atomic E-state index is 13.9. The van der Waals surface area contributed by atoms with Gasteiger partial charge < -0.3 is 5.11 Å². The van der Waals surface area contributed by atoms with E-state index in [0.717, 1.165) is 14.2 Å². The van der Waals surface area contributed by atoms with Gasteiger partial charge in [0.15, 0.2) is 0 Å². The Labute approximate surface area is 121 Å². The highest BCUT2D eigenvalue weighted by Gasteiger charge is 2.61. The van der Waals surface area contributed by atoms with Crippen molar-refractivity contribution in [3.63, 3.8) is 0 Å². The molecule has 1 aliphatic rings. The van der Waals surface area contributed by atoms with Crippen LogP contribution in [0, 0.1) is 11.8 Å². The fourth-order valence-corrected chi connectivity index (χ4v) is 2.94. The summed E-state index contributed by atoms with van der Waals surface area (Å²) in [5, 5.41) is 10.1. The predicted molar refractivity (Wildman–Crippen MR) is 70.7 cm³/mol. The molecule has 0 bridgehead atoms. The Kier molecular flexibility index (Phi) is 4.80. The molecule has 0 heterocycles. The van der Waals surface area contributed by atoms with Gasteiger partial charge >= 0.3 is 13.9 Å². The van der Waals surface area contributed by atoms with E-state index in [-0.39, 0.29) is 6.42 Å². The standard InChI is InChI=1S/C13H17F2O5P/c1-18-21(17,19-2)20-13(14,15)11-8-10(11)12(16)9-6-4-3-5-7-9/h3-7,10-12,16H,8H2,1-2H3/t10-,11-,12-/m1/s1. The molecule has 0 radical (unpaired) electrons. The molecular formula is C13H17F2O5P. The lowest BCUT2D eigenvalue weighted by atomic mass is 10.0. The van der Waals surface area contributed by atoms with Crippen molar-refractivity contribution >= 4 is 7.82 Å². The smallest absolute Gasteiger partial charge is 0.388 e. The highest BCUT2D eigenvalue weighted by Crippen LogP contribution is 2.61. The summed E-state index contributed by atoms with van der Waals surface area (Å²) in [4.78, 5) is 0. The molecule has 0 amide bonds. The lowest BCUT2D eigenvalue weighted by Gasteiger charge is -2.22. The van der Waals surface area contributed by atoms with Crippen LogP contribution in [0.2, 0.25) is 0 Å². The molecule has 0 aromatic heterocycles. The van der Waals surface area contributed by atoms with Gasteiger partial charge in [0.05, 0.1) is 12.0 Å². The van der Waals surface area contributed by atoms with Gasteiger partial charge in [0.25, 0.3) is 0 Å². The summed E-state index contributed by atoms with van der Waals surface area (Å²) >= 11 is 0. The third-order valence-electron chi connectivity index (χ3n) is 3.50. The van der Waals surface area contributed by atoms with Crippen LogP contribution in [-0.4, -0.2) is 25.4 Å². The predicted octanol–water partition coefficient (Wildman–Crippen LogP) is 3.37. The summed E-state index contributed by atoms with van der Waals surface area (Å²) in [5.74, 6) is -1.89. The van der Waals surface area contributed by atoms with Gasteiger partial charge in [0, 0.05) is 20.1 Å². The highest BCUT2D eigenvalue weighted by molar-refractivity contribution is 7.48. The highest BCUT2D eigenvalue weighted by atomic mass is 31.2. The van der Waals surface area contributed by atoms with Crippen LogP contribution in [0.4, 0.5) is 8.78 Å². The van der Waals surface area contributed by atoms with Crippen LogP contribution in [0.15, 0.2) is 30.3 Å². The number of phosphoric acid groups is 1. The summed E-state index contributed by atoms with van der Waals surface area (Å²) < 4.78 is 52.4. The van der Waals surface area contributed by atoms with Crippen molar-refractivity contribution in [2.45, 2.75) is 18.6 Å². The Bertz CT molecular complexity index is 517. The molecule has 0 unspecified atom stereocenters. The van der Waals surface area contributed by atoms with Gasteiger partial charge in [0.2, 0.25) is 0 Å². The van der Waals surface area contributed by atoms with E-state index in [9.17, 15) is 18.5 Å². The number of hydrogen-bond donors (Lipinski definition) is 1. The molecule has 1 aliphatic carbocycles. The Morgan fingerprint density at radius 2 is 1.86 bits per heavy atom. The van der Waals surface area contributed by atoms with E-state index in [1.54, 1.807) is 30.3 Å². The Morgan fingerprint density at radius 1 is 1.29 bits per heavy atom. The molecule has 1 N–H and O–H groups in total. The largest absolute Gasteiger partial charge is 0.479 e. The van der Waals surface area contributed by atoms with Crippen LogP contribution in [0.5, 0.6) is 0 Å². The average molecular weight is 322 g/mol. The third kappa shape index (κ3) is 3.67. The fourth-order valence-electron chi connectivity index (χ4n) is 2.21. The van der Waals surface area contributed by atoms with Gasteiger partial charge in [-0.2, -0.15) is 8.78 Å². The fraction of sp³-hybridized carbons (Fsp3) is 0.538. The zero-order chi connectivity index (χ0) is 15.7. The Morgan fingerprint density at radius 3 is 2.38 bits per heavy atom. The van der Waals surface area contributed by atoms with Gasteiger partial charge in [-0.1, -0.05) is 30.3 Å². The number of benzene rings is 1. The molecule has 1 saturated carbocycles. The summed E-state index contributed by atoms with van der Waals surface area (Å²) in [6.07, 6.45) is -4.64. The summed E-state index contributed by atoms with van der Waals surface area (Å²) in [6.45, 7) is 0. The average Bonchev–Trinajstić information content (AvgIpc) is 3.28. The van der Waals surface area contributed by atoms with E-state index in [1.165, 1.54) is 0 Å². The molecule has 0 spiro atoms. The van der Waals surface area contributed by atoms with E-state index < -0.39 is 31.9 Å². The first-order valence-corrected chi connectivity index (χ1v) is 7.82. The third-order valence-corrected chi connectivity index (χ3v) is 4.86. The van der Waals surface area contributed by atoms with E-state index in [1.807, 2.05) is 0 Å². The quantitative estimate of drug-likeness (QED) is 0.780. The van der Waals surface area contributed by atoms with E-state index in [0.29, 0.717) is 5.56 Å². The second-order valence-electron chi connectivity index (χ2n) is 4.83. The van der Waals surface area contributed by atoms with Crippen molar-refractivity contribution in [3.05, 3.63) is 35.9 Å². The van der Waals surface area contributed by atoms with Crippen LogP contribution in [0.3, 0.4) is 0 Å². The van der Waals surface area contributed by atoms with Crippen molar-refractivity contribution < 1.29 is 32.0 Å². The molecule has 1 fully saturated rings. The number of rotatable bonds is 7. The molecule has 0 aliphatic heterocycles. The normalized spacial score (nSPS) is 23.9. The molecule has 1 aromatic rings. The first kappa shape index (κ1) is 16.5. The molecule has 3 atom stereocenters. The molecule has 2 rings (SSSR count). The van der Waals surface area contributed by atoms with Gasteiger partial charge in [0.1, 0.15) is 0 Å². The van der Waals surface area contributed by atoms with E-state index in [2.05, 4.69) is 13.6 Å². The molecule has 1 aromatic carbocycles. The van der Waals surface area contributed by atoms with E-state index >= 15 is 0 Å². The van der Waals surface area contributed by atoms with Crippen LogP contribution in [0.25, 0.3) is 0 Å². The minimum atomic E-state index is -4.28. The Balaban J connectivity index is 2.03. The number of phosphoric ester groups is 1. The maximum Gasteiger partial charge on any atom is 0.479 e. The van der Waals surface area contributed by atoms with Crippen LogP contribution in [-0.2, 0) is 18.1 Å². The van der Waals surface area contributed by atoms with E-state index in [4.69, 9.17) is 0 Å². The van der Waals surface area contributed by atoms with Gasteiger partial charge in [-0.15, -0.1) is 0 Å². The first-order valence-electron chi connectivity index (χ1n) is 6.36. The molecule has 5 nitrogen and oxygen atoms in total. The Hall–Kier alpha value is -0.850. The van der Waals surface area contributed by atoms with Crippen molar-refractivity contribution in [1.82, 2.24) is 0 Å². The number of hydrogen-bond acceptors (Lipinski definition) is 5. The SMILES string of the molecule is COP(=O)(OC)OC(F)(F)[C@@H]1C[C@H]1[C@H](O)c1ccccc1. The number of alkyl halides is 2.